The molecular weight excluding hydrogens is 652 g/mol. The predicted molar refractivity (Wildman–Crippen MR) is 179 cm³/mol. The zero-order valence-electron chi connectivity index (χ0n) is 26.5. The van der Waals surface area contributed by atoms with Crippen molar-refractivity contribution in [2.75, 3.05) is 27.4 Å². The second-order valence-corrected chi connectivity index (χ2v) is 11.2. The average Bonchev–Trinajstić information content (AvgIpc) is 3.94. The maximum atomic E-state index is 12.1. The van der Waals surface area contributed by atoms with Gasteiger partial charge in [-0.3, -0.25) is 0 Å². The van der Waals surface area contributed by atoms with Crippen LogP contribution in [0.2, 0.25) is 0 Å². The minimum atomic E-state index is -0.446. The number of methoxy groups -OCH3 is 2. The molecule has 1 aliphatic rings. The molecule has 1 fully saturated rings. The summed E-state index contributed by atoms with van der Waals surface area (Å²) >= 11 is 3.42. The van der Waals surface area contributed by atoms with Gasteiger partial charge < -0.3 is 28.4 Å². The van der Waals surface area contributed by atoms with Gasteiger partial charge in [0.25, 0.3) is 0 Å². The first-order valence-electron chi connectivity index (χ1n) is 15.2. The molecule has 5 rings (SSSR count). The first-order chi connectivity index (χ1) is 22.4. The zero-order chi connectivity index (χ0) is 32.9. The first-order valence-corrected chi connectivity index (χ1v) is 15.9. The Hall–Kier alpha value is -4.50. The van der Waals surface area contributed by atoms with Gasteiger partial charge in [0.2, 0.25) is 0 Å². The van der Waals surface area contributed by atoms with Crippen LogP contribution in [0.15, 0.2) is 89.4 Å². The molecule has 4 aromatic rings. The van der Waals surface area contributed by atoms with Crippen molar-refractivity contribution in [3.8, 4) is 23.0 Å². The Morgan fingerprint density at radius 1 is 0.630 bits per heavy atom. The van der Waals surface area contributed by atoms with Crippen molar-refractivity contribution in [1.82, 2.24) is 0 Å². The normalized spacial score (nSPS) is 11.8. The van der Waals surface area contributed by atoms with Gasteiger partial charge in [0.15, 0.2) is 0 Å². The van der Waals surface area contributed by atoms with Gasteiger partial charge in [-0.2, -0.15) is 0 Å². The van der Waals surface area contributed by atoms with Crippen molar-refractivity contribution in [2.24, 2.45) is 0 Å². The summed E-state index contributed by atoms with van der Waals surface area (Å²) < 4.78 is 33.3. The van der Waals surface area contributed by atoms with Gasteiger partial charge in [-0.1, -0.05) is 60.7 Å². The van der Waals surface area contributed by atoms with E-state index >= 15 is 0 Å². The molecular formula is C37H39BrO8. The lowest BCUT2D eigenvalue weighted by atomic mass is 10.0. The van der Waals surface area contributed by atoms with E-state index in [1.165, 1.54) is 14.2 Å². The van der Waals surface area contributed by atoms with Crippen LogP contribution in [-0.2, 0) is 22.7 Å². The Bertz CT molecular complexity index is 1590. The molecule has 0 spiro atoms. The van der Waals surface area contributed by atoms with Gasteiger partial charge in [-0.15, -0.1) is 0 Å². The first kappa shape index (κ1) is 34.4. The summed E-state index contributed by atoms with van der Waals surface area (Å²) in [6, 6.07) is 26.9. The minimum absolute atomic E-state index is 0.364. The summed E-state index contributed by atoms with van der Waals surface area (Å²) in [6.45, 7) is 5.59. The fourth-order valence-corrected chi connectivity index (χ4v) is 5.08. The SMILES string of the molecule is CCOc1cc(OCc2ccccc2)c(Br)cc1C(=O)OC.CCOc1cc(OCc2ccccc2)c(C2CC2)cc1C(=O)OC. The number of carbonyl (C=O) groups is 2. The van der Waals surface area contributed by atoms with Crippen LogP contribution >= 0.6 is 15.9 Å². The van der Waals surface area contributed by atoms with Crippen LogP contribution in [0.5, 0.6) is 23.0 Å². The third-order valence-corrected chi connectivity index (χ3v) is 7.67. The molecule has 0 aromatic heterocycles. The fourth-order valence-electron chi connectivity index (χ4n) is 4.62. The number of hydrogen-bond acceptors (Lipinski definition) is 8. The van der Waals surface area contributed by atoms with Gasteiger partial charge in [-0.05, 0) is 77.4 Å². The van der Waals surface area contributed by atoms with Crippen LogP contribution in [0, 0.1) is 0 Å². The molecule has 46 heavy (non-hydrogen) atoms. The third kappa shape index (κ3) is 9.50. The standard InChI is InChI=1S/C20H22O4.C17H17BrO4/c1-3-23-19-12-18(24-13-14-7-5-4-6-8-14)16(15-9-10-15)11-17(19)20(21)22-2;1-3-21-15-10-16(14(18)9-13(15)17(19)20-2)22-11-12-7-5-4-6-8-12/h4-8,11-12,15H,3,9-10,13H2,1-2H3;4-10H,3,11H2,1-2H3. The van der Waals surface area contributed by atoms with Crippen LogP contribution in [-0.4, -0.2) is 39.4 Å². The van der Waals surface area contributed by atoms with Crippen LogP contribution in [0.4, 0.5) is 0 Å². The number of halogens is 1. The summed E-state index contributed by atoms with van der Waals surface area (Å²) in [5.41, 5.74) is 4.06. The Labute approximate surface area is 278 Å². The van der Waals surface area contributed by atoms with Crippen LogP contribution in [0.3, 0.4) is 0 Å². The molecule has 0 unspecified atom stereocenters. The number of hydrogen-bond donors (Lipinski definition) is 0. The van der Waals surface area contributed by atoms with Crippen molar-refractivity contribution >= 4 is 27.9 Å². The van der Waals surface area contributed by atoms with E-state index in [9.17, 15) is 9.59 Å². The molecule has 4 aromatic carbocycles. The highest BCUT2D eigenvalue weighted by atomic mass is 79.9. The van der Waals surface area contributed by atoms with E-state index < -0.39 is 5.97 Å². The third-order valence-electron chi connectivity index (χ3n) is 7.05. The molecule has 0 saturated heterocycles. The van der Waals surface area contributed by atoms with Crippen molar-refractivity contribution < 1.29 is 38.0 Å². The smallest absolute Gasteiger partial charge is 0.341 e. The molecule has 1 saturated carbocycles. The molecule has 9 heteroatoms. The van der Waals surface area contributed by atoms with Crippen molar-refractivity contribution in [1.29, 1.82) is 0 Å². The lowest BCUT2D eigenvalue weighted by Crippen LogP contribution is -2.08. The second kappa shape index (κ2) is 17.3. The topological polar surface area (TPSA) is 89.5 Å². The van der Waals surface area contributed by atoms with Gasteiger partial charge in [0.05, 0.1) is 31.9 Å². The molecule has 0 bridgehead atoms. The number of esters is 2. The number of rotatable bonds is 13. The summed E-state index contributed by atoms with van der Waals surface area (Å²) in [7, 11) is 2.72. The number of benzene rings is 4. The van der Waals surface area contributed by atoms with Crippen molar-refractivity contribution in [3.63, 3.8) is 0 Å². The number of carbonyl (C=O) groups excluding carboxylic acids is 2. The highest BCUT2D eigenvalue weighted by molar-refractivity contribution is 9.10. The quantitative estimate of drug-likeness (QED) is 0.129. The average molecular weight is 692 g/mol. The Morgan fingerprint density at radius 2 is 1.09 bits per heavy atom. The molecule has 8 nitrogen and oxygen atoms in total. The molecule has 0 radical (unpaired) electrons. The molecule has 0 atom stereocenters. The summed E-state index contributed by atoms with van der Waals surface area (Å²) in [6.07, 6.45) is 2.24. The fraction of sp³-hybridized carbons (Fsp3) is 0.297. The minimum Gasteiger partial charge on any atom is -0.493 e. The summed E-state index contributed by atoms with van der Waals surface area (Å²) in [5.74, 6) is 1.98. The zero-order valence-corrected chi connectivity index (χ0v) is 28.1. The van der Waals surface area contributed by atoms with Crippen molar-refractivity contribution in [2.45, 2.75) is 45.8 Å². The lowest BCUT2D eigenvalue weighted by Gasteiger charge is -2.16. The molecule has 0 heterocycles. The highest BCUT2D eigenvalue weighted by Crippen LogP contribution is 2.46. The molecule has 0 N–H and O–H groups in total. The van der Waals surface area contributed by atoms with E-state index in [1.807, 2.05) is 86.6 Å². The summed E-state index contributed by atoms with van der Waals surface area (Å²) in [4.78, 5) is 23.8. The van der Waals surface area contributed by atoms with E-state index in [4.69, 9.17) is 28.4 Å². The van der Waals surface area contributed by atoms with Crippen LogP contribution < -0.4 is 18.9 Å². The lowest BCUT2D eigenvalue weighted by molar-refractivity contribution is 0.0586. The summed E-state index contributed by atoms with van der Waals surface area (Å²) in [5, 5.41) is 0. The maximum Gasteiger partial charge on any atom is 0.341 e. The Kier molecular flexibility index (Phi) is 12.9. The molecule has 242 valence electrons. The van der Waals surface area contributed by atoms with E-state index in [2.05, 4.69) is 15.9 Å². The molecule has 1 aliphatic carbocycles. The van der Waals surface area contributed by atoms with Gasteiger partial charge in [0, 0.05) is 12.1 Å². The van der Waals surface area contributed by atoms with E-state index in [0.29, 0.717) is 65.2 Å². The van der Waals surface area contributed by atoms with Crippen molar-refractivity contribution in [3.05, 3.63) is 117 Å². The van der Waals surface area contributed by atoms with Crippen LogP contribution in [0.25, 0.3) is 0 Å². The predicted octanol–water partition coefficient (Wildman–Crippen LogP) is 8.54. The second-order valence-electron chi connectivity index (χ2n) is 10.3. The van der Waals surface area contributed by atoms with Gasteiger partial charge in [0.1, 0.15) is 47.3 Å². The molecule has 0 amide bonds. The largest absolute Gasteiger partial charge is 0.493 e. The van der Waals surface area contributed by atoms with Crippen LogP contribution in [0.1, 0.15) is 70.0 Å². The van der Waals surface area contributed by atoms with E-state index in [-0.39, 0.29) is 5.97 Å². The van der Waals surface area contributed by atoms with E-state index in [1.54, 1.807) is 12.1 Å². The maximum absolute atomic E-state index is 12.1. The van der Waals surface area contributed by atoms with Gasteiger partial charge in [-0.25, -0.2) is 9.59 Å². The number of ether oxygens (including phenoxy) is 6. The Morgan fingerprint density at radius 3 is 1.54 bits per heavy atom. The highest BCUT2D eigenvalue weighted by Gasteiger charge is 2.30. The van der Waals surface area contributed by atoms with Gasteiger partial charge >= 0.3 is 11.9 Å². The Balaban J connectivity index is 0.000000210. The van der Waals surface area contributed by atoms with E-state index in [0.717, 1.165) is 35.3 Å². The monoisotopic (exact) mass is 690 g/mol. The molecule has 0 aliphatic heterocycles.